The van der Waals surface area contributed by atoms with Crippen molar-refractivity contribution in [3.8, 4) is 0 Å². The third-order valence-electron chi connectivity index (χ3n) is 5.74. The van der Waals surface area contributed by atoms with Crippen molar-refractivity contribution in [2.45, 2.75) is 10.3 Å². The van der Waals surface area contributed by atoms with Crippen LogP contribution in [0.2, 0.25) is 10.0 Å². The summed E-state index contributed by atoms with van der Waals surface area (Å²) in [5, 5.41) is 6.53. The molecule has 3 aromatic rings. The van der Waals surface area contributed by atoms with Crippen LogP contribution in [-0.2, 0) is 4.79 Å². The van der Waals surface area contributed by atoms with Gasteiger partial charge in [-0.15, -0.1) is 0 Å². The highest BCUT2D eigenvalue weighted by atomic mass is 79.9. The van der Waals surface area contributed by atoms with Crippen LogP contribution in [0.25, 0.3) is 0 Å². The second kappa shape index (κ2) is 9.67. The Morgan fingerprint density at radius 3 is 2.35 bits per heavy atom. The fourth-order valence-electron chi connectivity index (χ4n) is 3.92. The van der Waals surface area contributed by atoms with Crippen molar-refractivity contribution >= 4 is 85.9 Å². The fourth-order valence-corrected chi connectivity index (χ4v) is 5.99. The Kier molecular flexibility index (Phi) is 7.19. The minimum Gasteiger partial charge on any atom is -0.384 e. The summed E-state index contributed by atoms with van der Waals surface area (Å²) in [4.78, 5) is 24.9. The molecule has 1 fully saturated rings. The molecule has 4 rings (SSSR count). The van der Waals surface area contributed by atoms with E-state index in [-0.39, 0.29) is 17.1 Å². The van der Waals surface area contributed by atoms with Gasteiger partial charge in [0.25, 0.3) is 5.91 Å². The van der Waals surface area contributed by atoms with E-state index >= 15 is 0 Å². The van der Waals surface area contributed by atoms with Crippen LogP contribution in [0.15, 0.2) is 65.1 Å². The second-order valence-corrected chi connectivity index (χ2v) is 11.1. The molecule has 1 aliphatic rings. The van der Waals surface area contributed by atoms with Gasteiger partial charge in [0.05, 0.1) is 16.0 Å². The molecule has 0 spiro atoms. The van der Waals surface area contributed by atoms with Gasteiger partial charge >= 0.3 is 0 Å². The number of alkyl halides is 2. The van der Waals surface area contributed by atoms with E-state index in [1.54, 1.807) is 30.3 Å². The number of anilines is 2. The molecule has 2 atom stereocenters. The first-order valence-corrected chi connectivity index (χ1v) is 12.3. The van der Waals surface area contributed by atoms with Crippen LogP contribution in [0.3, 0.4) is 0 Å². The molecule has 2 unspecified atom stereocenters. The normalized spacial score (nSPS) is 20.5. The van der Waals surface area contributed by atoms with Gasteiger partial charge in [0.15, 0.2) is 0 Å². The highest BCUT2D eigenvalue weighted by Gasteiger charge is 2.76. The fraction of sp³-hybridized carbons (Fsp3) is 0.167. The zero-order valence-corrected chi connectivity index (χ0v) is 21.8. The molecule has 0 aromatic heterocycles. The lowest BCUT2D eigenvalue weighted by Crippen LogP contribution is -2.23. The van der Waals surface area contributed by atoms with Gasteiger partial charge in [0, 0.05) is 33.3 Å². The van der Waals surface area contributed by atoms with Gasteiger partial charge in [-0.1, -0.05) is 62.3 Å². The third-order valence-corrected chi connectivity index (χ3v) is 7.89. The van der Waals surface area contributed by atoms with Crippen LogP contribution in [-0.4, -0.2) is 23.1 Å². The molecular weight excluding hydrogens is 589 g/mol. The maximum absolute atomic E-state index is 13.1. The molecule has 4 nitrogen and oxygen atoms in total. The maximum Gasteiger partial charge on any atom is 0.257 e. The number of hydrogen-bond acceptors (Lipinski definition) is 3. The average molecular weight is 605 g/mol. The van der Waals surface area contributed by atoms with E-state index in [0.717, 1.165) is 16.3 Å². The van der Waals surface area contributed by atoms with Gasteiger partial charge in [0.1, 0.15) is 16.4 Å². The van der Waals surface area contributed by atoms with E-state index in [9.17, 15) is 14.0 Å². The molecular formula is C24H16BrCl4FN2O2. The Hall–Kier alpha value is -1.83. The summed E-state index contributed by atoms with van der Waals surface area (Å²) in [7, 11) is 0. The lowest BCUT2D eigenvalue weighted by atomic mass is 10.00. The topological polar surface area (TPSA) is 58.2 Å². The van der Waals surface area contributed by atoms with Gasteiger partial charge in [-0.25, -0.2) is 4.39 Å². The van der Waals surface area contributed by atoms with Crippen molar-refractivity contribution in [2.24, 2.45) is 5.41 Å². The summed E-state index contributed by atoms with van der Waals surface area (Å²) in [6.45, 7) is 0.110. The van der Waals surface area contributed by atoms with E-state index < -0.39 is 27.4 Å². The first-order valence-electron chi connectivity index (χ1n) is 9.98. The van der Waals surface area contributed by atoms with Crippen molar-refractivity contribution in [1.29, 1.82) is 0 Å². The zero-order chi connectivity index (χ0) is 24.7. The van der Waals surface area contributed by atoms with Crippen LogP contribution >= 0.6 is 62.3 Å². The lowest BCUT2D eigenvalue weighted by molar-refractivity contribution is -0.112. The van der Waals surface area contributed by atoms with Crippen LogP contribution in [0, 0.1) is 11.2 Å². The smallest absolute Gasteiger partial charge is 0.257 e. The molecule has 176 valence electrons. The van der Waals surface area contributed by atoms with Crippen LogP contribution < -0.4 is 10.6 Å². The summed E-state index contributed by atoms with van der Waals surface area (Å²) in [5.74, 6) is -1.37. The number of carbonyl (C=O) groups excluding carboxylic acids is 2. The highest BCUT2D eigenvalue weighted by Crippen LogP contribution is 2.73. The summed E-state index contributed by atoms with van der Waals surface area (Å²) < 4.78 is 12.5. The van der Waals surface area contributed by atoms with Crippen molar-refractivity contribution in [1.82, 2.24) is 0 Å². The van der Waals surface area contributed by atoms with Crippen LogP contribution in [0.1, 0.15) is 21.8 Å². The molecule has 0 aliphatic heterocycles. The van der Waals surface area contributed by atoms with Crippen LogP contribution in [0.5, 0.6) is 0 Å². The highest BCUT2D eigenvalue weighted by molar-refractivity contribution is 9.10. The van der Waals surface area contributed by atoms with Gasteiger partial charge in [-0.2, -0.15) is 0 Å². The zero-order valence-electron chi connectivity index (χ0n) is 17.2. The molecule has 0 saturated heterocycles. The molecule has 0 radical (unpaired) electrons. The number of halogens is 6. The quantitative estimate of drug-likeness (QED) is 0.214. The molecule has 1 saturated carbocycles. The standard InChI is InChI=1S/C24H16BrCl4FN2O2/c25-14-7-13(8-15(26)9-14)21-23(12-33,24(21,28)29)11-31-18-5-6-20(27)19(10-18)22(34)32-17-3-1-16(30)2-4-17/h1-10,12,21,31H,11H2,(H,32,34). The first kappa shape index (κ1) is 25.3. The number of amides is 1. The Labute approximate surface area is 223 Å². The van der Waals surface area contributed by atoms with E-state index in [4.69, 9.17) is 46.4 Å². The predicted octanol–water partition coefficient (Wildman–Crippen LogP) is 7.72. The maximum atomic E-state index is 13.1. The summed E-state index contributed by atoms with van der Waals surface area (Å²) >= 11 is 28.9. The summed E-state index contributed by atoms with van der Waals surface area (Å²) in [5.41, 5.74) is 0.774. The Balaban J connectivity index is 1.53. The summed E-state index contributed by atoms with van der Waals surface area (Å²) in [6, 6.07) is 15.4. The molecule has 0 bridgehead atoms. The molecule has 3 aromatic carbocycles. The van der Waals surface area contributed by atoms with E-state index in [2.05, 4.69) is 26.6 Å². The number of nitrogens with one attached hydrogen (secondary N) is 2. The van der Waals surface area contributed by atoms with Crippen molar-refractivity contribution in [3.63, 3.8) is 0 Å². The number of hydrogen-bond donors (Lipinski definition) is 2. The van der Waals surface area contributed by atoms with E-state index in [0.29, 0.717) is 16.4 Å². The van der Waals surface area contributed by atoms with Gasteiger partial charge in [-0.05, 0) is 66.2 Å². The first-order chi connectivity index (χ1) is 16.1. The number of benzene rings is 3. The molecule has 34 heavy (non-hydrogen) atoms. The molecule has 1 amide bonds. The number of aldehydes is 1. The van der Waals surface area contributed by atoms with Crippen LogP contribution in [0.4, 0.5) is 15.8 Å². The Morgan fingerprint density at radius 2 is 1.71 bits per heavy atom. The van der Waals surface area contributed by atoms with E-state index in [1.807, 2.05) is 6.07 Å². The monoisotopic (exact) mass is 602 g/mol. The third kappa shape index (κ3) is 4.79. The lowest BCUT2D eigenvalue weighted by Gasteiger charge is -2.15. The Morgan fingerprint density at radius 1 is 1.03 bits per heavy atom. The van der Waals surface area contributed by atoms with Gasteiger partial charge < -0.3 is 15.4 Å². The number of carbonyl (C=O) groups is 2. The summed E-state index contributed by atoms with van der Waals surface area (Å²) in [6.07, 6.45) is 0.748. The van der Waals surface area contributed by atoms with Gasteiger partial charge in [-0.3, -0.25) is 4.79 Å². The Bertz CT molecular complexity index is 1250. The average Bonchev–Trinajstić information content (AvgIpc) is 3.28. The second-order valence-electron chi connectivity index (χ2n) is 7.93. The van der Waals surface area contributed by atoms with E-state index in [1.165, 1.54) is 24.3 Å². The molecule has 0 heterocycles. The SMILES string of the molecule is O=CC1(CNc2ccc(Cl)c(C(=O)Nc3ccc(F)cc3)c2)C(c2cc(Cl)cc(Br)c2)C1(Cl)Cl. The molecule has 2 N–H and O–H groups in total. The number of rotatable bonds is 7. The molecule has 10 heteroatoms. The largest absolute Gasteiger partial charge is 0.384 e. The van der Waals surface area contributed by atoms with Crippen molar-refractivity contribution in [3.05, 3.63) is 92.1 Å². The minimum absolute atomic E-state index is 0.110. The molecule has 1 aliphatic carbocycles. The van der Waals surface area contributed by atoms with Gasteiger partial charge in [0.2, 0.25) is 0 Å². The minimum atomic E-state index is -1.35. The predicted molar refractivity (Wildman–Crippen MR) is 139 cm³/mol. The van der Waals surface area contributed by atoms with Crippen molar-refractivity contribution < 1.29 is 14.0 Å². The van der Waals surface area contributed by atoms with Crippen molar-refractivity contribution in [2.75, 3.05) is 17.2 Å².